The highest BCUT2D eigenvalue weighted by atomic mass is 16.7. The molecule has 0 unspecified atom stereocenters. The van der Waals surface area contributed by atoms with E-state index < -0.39 is 23.3 Å². The standard InChI is InChI=1S/C28H29NO7/c1-6-15-16-10-14(35-26(32)36-27(3,4)5)8-9-22(16)29-23-17(15)11-19-18(23)12-21-20(24(19)30)13-34-25(31)28(21,33)7-2/h8-10,12,30,33H,6-7,11,13H2,1-5H3/t28-/m0/s1. The van der Waals surface area contributed by atoms with Crippen LogP contribution in [0.3, 0.4) is 0 Å². The third kappa shape index (κ3) is 3.67. The van der Waals surface area contributed by atoms with Crippen molar-refractivity contribution in [2.24, 2.45) is 0 Å². The fourth-order valence-corrected chi connectivity index (χ4v) is 5.14. The van der Waals surface area contributed by atoms with Crippen molar-refractivity contribution < 1.29 is 34.0 Å². The number of nitrogens with zero attached hydrogens (tertiary/aromatic N) is 1. The second-order valence-corrected chi connectivity index (χ2v) is 10.3. The molecule has 2 aromatic carbocycles. The zero-order valence-electron chi connectivity index (χ0n) is 21.0. The van der Waals surface area contributed by atoms with Crippen LogP contribution in [0.1, 0.15) is 68.9 Å². The molecule has 0 saturated carbocycles. The van der Waals surface area contributed by atoms with Crippen LogP contribution in [0.2, 0.25) is 0 Å². The molecule has 188 valence electrons. The van der Waals surface area contributed by atoms with Crippen LogP contribution >= 0.6 is 0 Å². The highest BCUT2D eigenvalue weighted by molar-refractivity contribution is 5.93. The van der Waals surface area contributed by atoms with Gasteiger partial charge in [0, 0.05) is 34.1 Å². The molecule has 2 heterocycles. The molecule has 8 nitrogen and oxygen atoms in total. The molecule has 1 aromatic heterocycles. The lowest BCUT2D eigenvalue weighted by Gasteiger charge is -2.32. The Hall–Kier alpha value is -3.65. The Kier molecular flexibility index (Phi) is 5.48. The molecule has 1 aliphatic carbocycles. The van der Waals surface area contributed by atoms with Crippen LogP contribution in [0.4, 0.5) is 4.79 Å². The van der Waals surface area contributed by atoms with Crippen molar-refractivity contribution in [3.05, 3.63) is 52.1 Å². The van der Waals surface area contributed by atoms with E-state index in [9.17, 15) is 19.8 Å². The molecule has 8 heteroatoms. The summed E-state index contributed by atoms with van der Waals surface area (Å²) in [6, 6.07) is 7.00. The van der Waals surface area contributed by atoms with Gasteiger partial charge in [0.05, 0.1) is 11.2 Å². The van der Waals surface area contributed by atoms with E-state index in [1.807, 2.05) is 6.92 Å². The molecule has 0 spiro atoms. The molecule has 0 bridgehead atoms. The van der Waals surface area contributed by atoms with Crippen molar-refractivity contribution in [2.45, 2.75) is 71.7 Å². The summed E-state index contributed by atoms with van der Waals surface area (Å²) in [5.74, 6) is -0.334. The van der Waals surface area contributed by atoms with Crippen molar-refractivity contribution in [1.82, 2.24) is 4.98 Å². The van der Waals surface area contributed by atoms with Gasteiger partial charge in [0.2, 0.25) is 0 Å². The van der Waals surface area contributed by atoms with Gasteiger partial charge in [0.15, 0.2) is 5.60 Å². The summed E-state index contributed by atoms with van der Waals surface area (Å²) in [5, 5.41) is 23.1. The predicted molar refractivity (Wildman–Crippen MR) is 132 cm³/mol. The molecular weight excluding hydrogens is 462 g/mol. The Bertz CT molecular complexity index is 1440. The van der Waals surface area contributed by atoms with Gasteiger partial charge in [-0.05, 0) is 69.0 Å². The maximum Gasteiger partial charge on any atom is 0.514 e. The van der Waals surface area contributed by atoms with E-state index in [1.54, 1.807) is 52.0 Å². The fraction of sp³-hybridized carbons (Fsp3) is 0.393. The number of carbonyl (C=O) groups excluding carboxylic acids is 2. The van der Waals surface area contributed by atoms with Gasteiger partial charge in [-0.2, -0.15) is 0 Å². The molecule has 2 N–H and O–H groups in total. The third-order valence-electron chi connectivity index (χ3n) is 6.88. The van der Waals surface area contributed by atoms with E-state index in [4.69, 9.17) is 19.2 Å². The van der Waals surface area contributed by atoms with Gasteiger partial charge >= 0.3 is 12.1 Å². The highest BCUT2D eigenvalue weighted by Crippen LogP contribution is 2.49. The minimum absolute atomic E-state index is 0.0277. The number of fused-ring (bicyclic) bond motifs is 5. The number of rotatable bonds is 3. The van der Waals surface area contributed by atoms with Crippen LogP contribution in [0.15, 0.2) is 24.3 Å². The van der Waals surface area contributed by atoms with Crippen LogP contribution in [0.25, 0.3) is 22.2 Å². The summed E-state index contributed by atoms with van der Waals surface area (Å²) in [4.78, 5) is 29.5. The minimum atomic E-state index is -1.82. The largest absolute Gasteiger partial charge is 0.514 e. The Balaban J connectivity index is 1.63. The quantitative estimate of drug-likeness (QED) is 0.302. The van der Waals surface area contributed by atoms with Gasteiger partial charge in [-0.3, -0.25) is 0 Å². The molecule has 1 aliphatic heterocycles. The number of aryl methyl sites for hydroxylation is 1. The number of ether oxygens (including phenoxy) is 3. The number of aromatic hydroxyl groups is 1. The number of pyridine rings is 1. The van der Waals surface area contributed by atoms with Crippen molar-refractivity contribution in [3.8, 4) is 22.8 Å². The minimum Gasteiger partial charge on any atom is -0.507 e. The number of cyclic esters (lactones) is 1. The molecule has 2 aliphatic rings. The van der Waals surface area contributed by atoms with Gasteiger partial charge in [-0.15, -0.1) is 0 Å². The molecule has 0 fully saturated rings. The number of phenolic OH excluding ortho intramolecular Hbond substituents is 1. The van der Waals surface area contributed by atoms with E-state index in [2.05, 4.69) is 0 Å². The highest BCUT2D eigenvalue weighted by Gasteiger charge is 2.45. The Morgan fingerprint density at radius 2 is 1.92 bits per heavy atom. The number of esters is 1. The van der Waals surface area contributed by atoms with Crippen LogP contribution in [0, 0.1) is 0 Å². The normalized spacial score (nSPS) is 18.3. The average Bonchev–Trinajstić information content (AvgIpc) is 3.17. The monoisotopic (exact) mass is 491 g/mol. The lowest BCUT2D eigenvalue weighted by atomic mass is 9.83. The number of hydrogen-bond donors (Lipinski definition) is 2. The summed E-state index contributed by atoms with van der Waals surface area (Å²) >= 11 is 0. The number of aliphatic hydroxyl groups is 1. The van der Waals surface area contributed by atoms with Crippen LogP contribution in [0.5, 0.6) is 11.5 Å². The summed E-state index contributed by atoms with van der Waals surface area (Å²) in [6.07, 6.45) is 0.477. The summed E-state index contributed by atoms with van der Waals surface area (Å²) in [6.45, 7) is 8.95. The van der Waals surface area contributed by atoms with Crippen molar-refractivity contribution >= 4 is 23.0 Å². The Labute approximate surface area is 208 Å². The number of phenols is 1. The second-order valence-electron chi connectivity index (χ2n) is 10.3. The van der Waals surface area contributed by atoms with Gasteiger partial charge in [0.25, 0.3) is 0 Å². The van der Waals surface area contributed by atoms with Crippen molar-refractivity contribution in [3.63, 3.8) is 0 Å². The molecule has 3 aromatic rings. The molecule has 0 radical (unpaired) electrons. The number of aromatic nitrogens is 1. The first-order chi connectivity index (χ1) is 17.0. The van der Waals surface area contributed by atoms with Gasteiger partial charge in [-0.25, -0.2) is 14.6 Å². The van der Waals surface area contributed by atoms with Crippen LogP contribution in [-0.4, -0.2) is 32.9 Å². The Morgan fingerprint density at radius 3 is 2.58 bits per heavy atom. The zero-order chi connectivity index (χ0) is 26.0. The maximum absolute atomic E-state index is 12.4. The SMILES string of the molecule is CCc1c2c(nc3ccc(OC(=O)OC(C)(C)C)cc13)-c1cc3c(c(O)c1C2)COC(=O)[C@]3(O)CC. The summed E-state index contributed by atoms with van der Waals surface area (Å²) < 4.78 is 15.9. The van der Waals surface area contributed by atoms with E-state index in [1.165, 1.54) is 0 Å². The molecule has 0 amide bonds. The van der Waals surface area contributed by atoms with E-state index in [0.717, 1.165) is 16.5 Å². The number of benzene rings is 2. The van der Waals surface area contributed by atoms with Gasteiger partial charge < -0.3 is 24.4 Å². The van der Waals surface area contributed by atoms with E-state index in [0.29, 0.717) is 52.1 Å². The van der Waals surface area contributed by atoms with Gasteiger partial charge in [0.1, 0.15) is 23.7 Å². The van der Waals surface area contributed by atoms with E-state index >= 15 is 0 Å². The summed E-state index contributed by atoms with van der Waals surface area (Å²) in [5.41, 5.74) is 3.11. The summed E-state index contributed by atoms with van der Waals surface area (Å²) in [7, 11) is 0. The fourth-order valence-electron chi connectivity index (χ4n) is 5.14. The lowest BCUT2D eigenvalue weighted by molar-refractivity contribution is -0.172. The van der Waals surface area contributed by atoms with Crippen LogP contribution < -0.4 is 4.74 Å². The topological polar surface area (TPSA) is 115 Å². The maximum atomic E-state index is 12.4. The first-order valence-electron chi connectivity index (χ1n) is 12.1. The Morgan fingerprint density at radius 1 is 1.17 bits per heavy atom. The molecule has 1 atom stereocenters. The molecule has 5 rings (SSSR count). The zero-order valence-corrected chi connectivity index (χ0v) is 21.0. The van der Waals surface area contributed by atoms with Crippen LogP contribution in [-0.2, 0) is 39.3 Å². The molecule has 36 heavy (non-hydrogen) atoms. The lowest BCUT2D eigenvalue weighted by Crippen LogP contribution is -2.41. The third-order valence-corrected chi connectivity index (χ3v) is 6.88. The number of carbonyl (C=O) groups is 2. The second kappa shape index (κ2) is 8.20. The molecule has 0 saturated heterocycles. The van der Waals surface area contributed by atoms with Crippen molar-refractivity contribution in [2.75, 3.05) is 0 Å². The van der Waals surface area contributed by atoms with Crippen molar-refractivity contribution in [1.29, 1.82) is 0 Å². The smallest absolute Gasteiger partial charge is 0.507 e. The molecular formula is C28H29NO7. The average molecular weight is 492 g/mol. The first kappa shape index (κ1) is 24.1. The number of hydrogen-bond acceptors (Lipinski definition) is 8. The van der Waals surface area contributed by atoms with Gasteiger partial charge in [-0.1, -0.05) is 13.8 Å². The first-order valence-corrected chi connectivity index (χ1v) is 12.1. The van der Waals surface area contributed by atoms with E-state index in [-0.39, 0.29) is 18.8 Å². The predicted octanol–water partition coefficient (Wildman–Crippen LogP) is 5.04.